The smallest absolute Gasteiger partial charge is 0.0594 e. The fourth-order valence-corrected chi connectivity index (χ4v) is 3.43. The summed E-state index contributed by atoms with van der Waals surface area (Å²) in [4.78, 5) is 2.47. The molecular formula is C16H26N2O. The highest BCUT2D eigenvalue weighted by atomic mass is 16.5. The molecule has 1 fully saturated rings. The van der Waals surface area contributed by atoms with Gasteiger partial charge in [-0.2, -0.15) is 0 Å². The second kappa shape index (κ2) is 6.40. The van der Waals surface area contributed by atoms with E-state index in [4.69, 9.17) is 10.5 Å². The lowest BCUT2D eigenvalue weighted by Crippen LogP contribution is -2.57. The molecule has 0 saturated heterocycles. The molecule has 1 aromatic rings. The van der Waals surface area contributed by atoms with Crippen LogP contribution in [0.5, 0.6) is 0 Å². The minimum atomic E-state index is 0.0506. The molecule has 2 atom stereocenters. The van der Waals surface area contributed by atoms with Gasteiger partial charge in [-0.3, -0.25) is 0 Å². The van der Waals surface area contributed by atoms with E-state index in [1.807, 2.05) is 7.11 Å². The topological polar surface area (TPSA) is 38.5 Å². The molecule has 0 bridgehead atoms. The van der Waals surface area contributed by atoms with Gasteiger partial charge < -0.3 is 15.4 Å². The summed E-state index contributed by atoms with van der Waals surface area (Å²) in [5.74, 6) is 0. The van der Waals surface area contributed by atoms with Crippen molar-refractivity contribution < 1.29 is 4.74 Å². The molecule has 2 N–H and O–H groups in total. The van der Waals surface area contributed by atoms with Crippen molar-refractivity contribution in [3.63, 3.8) is 0 Å². The maximum absolute atomic E-state index is 6.17. The van der Waals surface area contributed by atoms with Crippen LogP contribution in [0.1, 0.15) is 32.6 Å². The van der Waals surface area contributed by atoms with Crippen LogP contribution in [-0.4, -0.2) is 31.8 Å². The Morgan fingerprint density at radius 3 is 2.68 bits per heavy atom. The Hall–Kier alpha value is -1.06. The summed E-state index contributed by atoms with van der Waals surface area (Å²) < 4.78 is 5.60. The van der Waals surface area contributed by atoms with Gasteiger partial charge in [-0.05, 0) is 44.7 Å². The van der Waals surface area contributed by atoms with Crippen LogP contribution in [0.25, 0.3) is 0 Å². The van der Waals surface area contributed by atoms with E-state index in [1.165, 1.54) is 12.1 Å². The molecule has 1 aliphatic carbocycles. The Labute approximate surface area is 116 Å². The highest BCUT2D eigenvalue weighted by Gasteiger charge is 2.40. The molecule has 1 aliphatic rings. The van der Waals surface area contributed by atoms with Crippen molar-refractivity contribution in [1.82, 2.24) is 0 Å². The number of nitrogens with zero attached hydrogens (tertiary/aromatic N) is 1. The largest absolute Gasteiger partial charge is 0.381 e. The van der Waals surface area contributed by atoms with Crippen LogP contribution in [0.4, 0.5) is 5.69 Å². The number of nitrogens with two attached hydrogens (primary N) is 1. The third kappa shape index (κ3) is 2.93. The first-order chi connectivity index (χ1) is 9.25. The number of hydrogen-bond donors (Lipinski definition) is 1. The van der Waals surface area contributed by atoms with E-state index in [2.05, 4.69) is 42.2 Å². The zero-order valence-electron chi connectivity index (χ0n) is 12.1. The molecule has 0 spiro atoms. The Morgan fingerprint density at radius 1 is 1.37 bits per heavy atom. The SMILES string of the molecule is CCN(c1ccccc1)C1(CN)CCCC(OC)C1. The van der Waals surface area contributed by atoms with Crippen molar-refractivity contribution in [2.45, 2.75) is 44.2 Å². The predicted octanol–water partition coefficient (Wildman–Crippen LogP) is 2.80. The lowest BCUT2D eigenvalue weighted by atomic mass is 9.78. The first kappa shape index (κ1) is 14.4. The van der Waals surface area contributed by atoms with E-state index in [-0.39, 0.29) is 5.54 Å². The highest BCUT2D eigenvalue weighted by molar-refractivity contribution is 5.49. The number of anilines is 1. The number of rotatable bonds is 5. The molecule has 3 heteroatoms. The van der Waals surface area contributed by atoms with Crippen LogP contribution in [0.3, 0.4) is 0 Å². The van der Waals surface area contributed by atoms with E-state index in [9.17, 15) is 0 Å². The second-order valence-corrected chi connectivity index (χ2v) is 5.46. The van der Waals surface area contributed by atoms with Gasteiger partial charge in [-0.15, -0.1) is 0 Å². The molecule has 3 nitrogen and oxygen atoms in total. The summed E-state index contributed by atoms with van der Waals surface area (Å²) in [5, 5.41) is 0. The van der Waals surface area contributed by atoms with Gasteiger partial charge in [0.1, 0.15) is 0 Å². The average Bonchev–Trinajstić information content (AvgIpc) is 2.49. The third-order valence-corrected chi connectivity index (χ3v) is 4.45. The zero-order chi connectivity index (χ0) is 13.7. The van der Waals surface area contributed by atoms with Crippen molar-refractivity contribution in [1.29, 1.82) is 0 Å². The Balaban J connectivity index is 2.27. The Morgan fingerprint density at radius 2 is 2.11 bits per heavy atom. The van der Waals surface area contributed by atoms with E-state index in [0.29, 0.717) is 12.6 Å². The van der Waals surface area contributed by atoms with Gasteiger partial charge in [0.15, 0.2) is 0 Å². The maximum atomic E-state index is 6.17. The summed E-state index contributed by atoms with van der Waals surface area (Å²) in [6, 6.07) is 10.6. The minimum absolute atomic E-state index is 0.0506. The molecule has 2 rings (SSSR count). The van der Waals surface area contributed by atoms with Crippen LogP contribution in [0.15, 0.2) is 30.3 Å². The number of para-hydroxylation sites is 1. The summed E-state index contributed by atoms with van der Waals surface area (Å²) in [6.07, 6.45) is 4.88. The zero-order valence-corrected chi connectivity index (χ0v) is 12.1. The minimum Gasteiger partial charge on any atom is -0.381 e. The van der Waals surface area contributed by atoms with Gasteiger partial charge in [0, 0.05) is 25.9 Å². The fourth-order valence-electron chi connectivity index (χ4n) is 3.43. The van der Waals surface area contributed by atoms with Crippen molar-refractivity contribution in [3.05, 3.63) is 30.3 Å². The van der Waals surface area contributed by atoms with Crippen LogP contribution in [0, 0.1) is 0 Å². The first-order valence-corrected chi connectivity index (χ1v) is 7.31. The molecule has 19 heavy (non-hydrogen) atoms. The maximum Gasteiger partial charge on any atom is 0.0594 e. The van der Waals surface area contributed by atoms with Crippen molar-refractivity contribution in [2.24, 2.45) is 5.73 Å². The van der Waals surface area contributed by atoms with Gasteiger partial charge in [0.2, 0.25) is 0 Å². The molecule has 0 radical (unpaired) electrons. The van der Waals surface area contributed by atoms with Gasteiger partial charge in [0.25, 0.3) is 0 Å². The number of hydrogen-bond acceptors (Lipinski definition) is 3. The number of likely N-dealkylation sites (N-methyl/N-ethyl adjacent to an activating group) is 1. The normalized spacial score (nSPS) is 27.2. The molecule has 106 valence electrons. The molecule has 1 aromatic carbocycles. The second-order valence-electron chi connectivity index (χ2n) is 5.46. The van der Waals surface area contributed by atoms with Gasteiger partial charge in [-0.25, -0.2) is 0 Å². The number of ether oxygens (including phenoxy) is 1. The third-order valence-electron chi connectivity index (χ3n) is 4.45. The van der Waals surface area contributed by atoms with Crippen molar-refractivity contribution in [3.8, 4) is 0 Å². The van der Waals surface area contributed by atoms with Crippen LogP contribution in [-0.2, 0) is 4.74 Å². The molecule has 0 aromatic heterocycles. The summed E-state index contributed by atoms with van der Waals surface area (Å²) in [6.45, 7) is 3.88. The molecular weight excluding hydrogens is 236 g/mol. The lowest BCUT2D eigenvalue weighted by molar-refractivity contribution is 0.0413. The Kier molecular flexibility index (Phi) is 4.83. The van der Waals surface area contributed by atoms with E-state index >= 15 is 0 Å². The van der Waals surface area contributed by atoms with Gasteiger partial charge >= 0.3 is 0 Å². The summed E-state index contributed by atoms with van der Waals surface area (Å²) in [7, 11) is 1.82. The van der Waals surface area contributed by atoms with Crippen LogP contribution in [0.2, 0.25) is 0 Å². The van der Waals surface area contributed by atoms with E-state index in [1.54, 1.807) is 0 Å². The van der Waals surface area contributed by atoms with Gasteiger partial charge in [0.05, 0.1) is 11.6 Å². The van der Waals surface area contributed by atoms with Crippen molar-refractivity contribution >= 4 is 5.69 Å². The first-order valence-electron chi connectivity index (χ1n) is 7.31. The standard InChI is InChI=1S/C16H26N2O/c1-3-18(14-8-5-4-6-9-14)16(13-17)11-7-10-15(12-16)19-2/h4-6,8-9,15H,3,7,10-13,17H2,1-2H3. The fraction of sp³-hybridized carbons (Fsp3) is 0.625. The highest BCUT2D eigenvalue weighted by Crippen LogP contribution is 2.37. The molecule has 1 saturated carbocycles. The summed E-state index contributed by atoms with van der Waals surface area (Å²) >= 11 is 0. The molecule has 0 aliphatic heterocycles. The van der Waals surface area contributed by atoms with Crippen LogP contribution < -0.4 is 10.6 Å². The van der Waals surface area contributed by atoms with Gasteiger partial charge in [-0.1, -0.05) is 18.2 Å². The molecule has 2 unspecified atom stereocenters. The molecule has 0 heterocycles. The monoisotopic (exact) mass is 262 g/mol. The molecule has 0 amide bonds. The quantitative estimate of drug-likeness (QED) is 0.887. The lowest BCUT2D eigenvalue weighted by Gasteiger charge is -2.49. The Bertz CT molecular complexity index is 382. The van der Waals surface area contributed by atoms with E-state index < -0.39 is 0 Å². The predicted molar refractivity (Wildman–Crippen MR) is 80.5 cm³/mol. The number of benzene rings is 1. The van der Waals surface area contributed by atoms with Crippen molar-refractivity contribution in [2.75, 3.05) is 25.1 Å². The van der Waals surface area contributed by atoms with Crippen LogP contribution >= 0.6 is 0 Å². The number of methoxy groups -OCH3 is 1. The average molecular weight is 262 g/mol. The summed E-state index contributed by atoms with van der Waals surface area (Å²) in [5.41, 5.74) is 7.49. The van der Waals surface area contributed by atoms with E-state index in [0.717, 1.165) is 25.8 Å².